The van der Waals surface area contributed by atoms with Crippen LogP contribution in [0, 0.1) is 6.92 Å². The Balaban J connectivity index is 0.00000303. The maximum absolute atomic E-state index is 7.29. The standard InChI is InChI=1S/C82H55NO2.C2H6/c1-3-63(78-52(2)84-77-33-19-16-30-69(77)78)56-36-43-61(44-37-56)83(62-45-49-73-70(51-62)67-29-15-17-31-71(67)81(73,58-22-6-4-7-23-58)59-24-8-5-9-25-59)60-41-34-53(35-42-60)57-38-46-68-66-28-14-18-32-72(66)82(76(68)50-57)74-47-39-54-20-10-12-26-64(54)79(74)85-80-65-27-13-11-21-55(65)40-48-75(80)82;1-2/h3-51H,1-2H3;1-2H3/b63-3-;. The van der Waals surface area contributed by atoms with Crippen molar-refractivity contribution in [3.05, 3.63) is 359 Å². The minimum Gasteiger partial charge on any atom is -0.461 e. The van der Waals surface area contributed by atoms with Gasteiger partial charge in [-0.1, -0.05) is 263 Å². The van der Waals surface area contributed by atoms with Gasteiger partial charge in [-0.3, -0.25) is 0 Å². The Morgan fingerprint density at radius 3 is 1.46 bits per heavy atom. The van der Waals surface area contributed by atoms with Crippen molar-refractivity contribution in [1.82, 2.24) is 0 Å². The number of benzene rings is 13. The molecule has 0 amide bonds. The molecule has 0 saturated heterocycles. The molecule has 17 rings (SSSR count). The van der Waals surface area contributed by atoms with E-state index < -0.39 is 10.8 Å². The van der Waals surface area contributed by atoms with E-state index in [1.165, 1.54) is 55.6 Å². The van der Waals surface area contributed by atoms with Gasteiger partial charge in [-0.15, -0.1) is 0 Å². The fourth-order valence-corrected chi connectivity index (χ4v) is 15.2. The molecule has 0 atom stereocenters. The van der Waals surface area contributed by atoms with Crippen molar-refractivity contribution in [3.8, 4) is 44.9 Å². The van der Waals surface area contributed by atoms with Gasteiger partial charge in [-0.2, -0.15) is 0 Å². The number of anilines is 3. The number of nitrogens with zero attached hydrogens (tertiary/aromatic N) is 1. The Kier molecular flexibility index (Phi) is 12.2. The van der Waals surface area contributed by atoms with E-state index in [0.717, 1.165) is 106 Å². The highest BCUT2D eigenvalue weighted by Gasteiger charge is 2.52. The Morgan fingerprint density at radius 1 is 0.368 bits per heavy atom. The molecule has 2 aliphatic carbocycles. The minimum absolute atomic E-state index is 0.508. The Bertz CT molecular complexity index is 4920. The van der Waals surface area contributed by atoms with Crippen LogP contribution in [0.5, 0.6) is 11.5 Å². The molecule has 0 saturated carbocycles. The van der Waals surface area contributed by atoms with E-state index >= 15 is 0 Å². The van der Waals surface area contributed by atoms with Crippen LogP contribution in [0.15, 0.2) is 302 Å². The van der Waals surface area contributed by atoms with E-state index in [9.17, 15) is 0 Å². The zero-order valence-electron chi connectivity index (χ0n) is 49.1. The van der Waals surface area contributed by atoms with Crippen molar-refractivity contribution in [1.29, 1.82) is 0 Å². The lowest BCUT2D eigenvalue weighted by Crippen LogP contribution is -2.32. The summed E-state index contributed by atoms with van der Waals surface area (Å²) in [7, 11) is 0. The van der Waals surface area contributed by atoms with Gasteiger partial charge in [0.2, 0.25) is 0 Å². The molecule has 0 radical (unpaired) electrons. The molecule has 13 aromatic carbocycles. The molecule has 0 fully saturated rings. The van der Waals surface area contributed by atoms with Crippen molar-refractivity contribution in [2.24, 2.45) is 0 Å². The number of para-hydroxylation sites is 1. The number of rotatable bonds is 8. The van der Waals surface area contributed by atoms with Gasteiger partial charge in [-0.25, -0.2) is 0 Å². The van der Waals surface area contributed by atoms with E-state index in [2.05, 4.69) is 310 Å². The quantitative estimate of drug-likeness (QED) is 0.152. The second kappa shape index (κ2) is 20.5. The maximum atomic E-state index is 7.29. The Hall–Kier alpha value is -10.7. The average molecular weight is 1120 g/mol. The number of aryl methyl sites for hydroxylation is 1. The molecular weight excluding hydrogens is 1050 g/mol. The third-order valence-corrected chi connectivity index (χ3v) is 18.7. The summed E-state index contributed by atoms with van der Waals surface area (Å²) in [6.07, 6.45) is 2.21. The average Bonchev–Trinajstić information content (AvgIpc) is 1.61. The van der Waals surface area contributed by atoms with Gasteiger partial charge in [0.1, 0.15) is 22.8 Å². The number of hydrogen-bond acceptors (Lipinski definition) is 3. The Morgan fingerprint density at radius 2 is 0.839 bits per heavy atom. The van der Waals surface area contributed by atoms with Crippen molar-refractivity contribution < 1.29 is 9.15 Å². The molecule has 2 heterocycles. The van der Waals surface area contributed by atoms with Crippen LogP contribution in [0.4, 0.5) is 17.1 Å². The first kappa shape index (κ1) is 51.9. The van der Waals surface area contributed by atoms with Crippen LogP contribution >= 0.6 is 0 Å². The van der Waals surface area contributed by atoms with E-state index in [1.807, 2.05) is 19.9 Å². The Labute approximate surface area is 508 Å². The van der Waals surface area contributed by atoms with Crippen molar-refractivity contribution >= 4 is 55.1 Å². The smallest absolute Gasteiger partial charge is 0.140 e. The van der Waals surface area contributed by atoms with Gasteiger partial charge in [0.05, 0.1) is 10.8 Å². The largest absolute Gasteiger partial charge is 0.461 e. The van der Waals surface area contributed by atoms with Gasteiger partial charge < -0.3 is 14.1 Å². The molecule has 14 aromatic rings. The SMILES string of the molecule is C/C=C(/c1ccc(N(c2ccc(-c3ccc4c(c3)C3(c5ccccc5-4)c4ccc5ccccc5c4Oc4c3ccc3ccccc43)cc2)c2ccc3c(c2)-c2ccccc2C3(c2ccccc2)c2ccccc2)cc1)c1c(C)oc2ccccc12.CC. The first-order valence-electron chi connectivity index (χ1n) is 30.5. The summed E-state index contributed by atoms with van der Waals surface area (Å²) in [5, 5.41) is 5.65. The van der Waals surface area contributed by atoms with Gasteiger partial charge in [0.25, 0.3) is 0 Å². The molecular formula is C84H61NO2. The first-order valence-corrected chi connectivity index (χ1v) is 30.5. The monoisotopic (exact) mass is 1120 g/mol. The molecule has 414 valence electrons. The number of furan rings is 1. The second-order valence-electron chi connectivity index (χ2n) is 22.9. The van der Waals surface area contributed by atoms with Crippen LogP contribution in [0.1, 0.15) is 82.2 Å². The predicted octanol–water partition coefficient (Wildman–Crippen LogP) is 22.5. The van der Waals surface area contributed by atoms with Crippen LogP contribution in [0.3, 0.4) is 0 Å². The van der Waals surface area contributed by atoms with Crippen molar-refractivity contribution in [2.45, 2.75) is 38.5 Å². The van der Waals surface area contributed by atoms with E-state index in [0.29, 0.717) is 0 Å². The summed E-state index contributed by atoms with van der Waals surface area (Å²) in [5.41, 5.74) is 23.5. The van der Waals surface area contributed by atoms with Gasteiger partial charge in [-0.05, 0) is 151 Å². The van der Waals surface area contributed by atoms with Crippen molar-refractivity contribution in [2.75, 3.05) is 4.90 Å². The van der Waals surface area contributed by atoms with E-state index in [-0.39, 0.29) is 0 Å². The molecule has 1 spiro atoms. The van der Waals surface area contributed by atoms with Crippen LogP contribution in [-0.2, 0) is 10.8 Å². The fourth-order valence-electron chi connectivity index (χ4n) is 15.2. The molecule has 1 aromatic heterocycles. The van der Waals surface area contributed by atoms with E-state index in [4.69, 9.17) is 9.15 Å². The number of allylic oxidation sites excluding steroid dienone is 1. The lowest BCUT2D eigenvalue weighted by atomic mass is 9.65. The summed E-state index contributed by atoms with van der Waals surface area (Å²) in [6, 6.07) is 108. The molecule has 87 heavy (non-hydrogen) atoms. The topological polar surface area (TPSA) is 25.6 Å². The van der Waals surface area contributed by atoms with Gasteiger partial charge in [0, 0.05) is 49.9 Å². The highest BCUT2D eigenvalue weighted by Crippen LogP contribution is 2.65. The summed E-state index contributed by atoms with van der Waals surface area (Å²) < 4.78 is 13.6. The van der Waals surface area contributed by atoms with Crippen LogP contribution in [0.2, 0.25) is 0 Å². The summed E-state index contributed by atoms with van der Waals surface area (Å²) >= 11 is 0. The molecule has 3 nitrogen and oxygen atoms in total. The van der Waals surface area contributed by atoms with E-state index in [1.54, 1.807) is 0 Å². The molecule has 1 aliphatic heterocycles. The first-order chi connectivity index (χ1) is 43.0. The molecule has 3 heteroatoms. The lowest BCUT2D eigenvalue weighted by molar-refractivity contribution is 0.447. The van der Waals surface area contributed by atoms with Crippen molar-refractivity contribution in [3.63, 3.8) is 0 Å². The third-order valence-electron chi connectivity index (χ3n) is 18.7. The number of fused-ring (bicyclic) bond motifs is 17. The zero-order chi connectivity index (χ0) is 58.4. The molecule has 0 bridgehead atoms. The third kappa shape index (κ3) is 7.62. The highest BCUT2D eigenvalue weighted by molar-refractivity contribution is 6.01. The highest BCUT2D eigenvalue weighted by atomic mass is 16.5. The minimum atomic E-state index is -0.650. The maximum Gasteiger partial charge on any atom is 0.140 e. The summed E-state index contributed by atoms with van der Waals surface area (Å²) in [6.45, 7) is 8.19. The lowest BCUT2D eigenvalue weighted by Gasteiger charge is -2.40. The molecule has 0 N–H and O–H groups in total. The van der Waals surface area contributed by atoms with Crippen LogP contribution in [-0.4, -0.2) is 0 Å². The number of ether oxygens (including phenoxy) is 1. The number of hydrogen-bond donors (Lipinski definition) is 0. The molecule has 3 aliphatic rings. The predicted molar refractivity (Wildman–Crippen MR) is 361 cm³/mol. The van der Waals surface area contributed by atoms with Gasteiger partial charge in [0.15, 0.2) is 0 Å². The van der Waals surface area contributed by atoms with Crippen LogP contribution < -0.4 is 9.64 Å². The fraction of sp³-hybridized carbons (Fsp3) is 0.0714. The summed E-state index contributed by atoms with van der Waals surface area (Å²) in [5.74, 6) is 2.74. The zero-order valence-corrected chi connectivity index (χ0v) is 49.1. The normalized spacial score (nSPS) is 13.6. The summed E-state index contributed by atoms with van der Waals surface area (Å²) in [4.78, 5) is 2.42. The molecule has 0 unspecified atom stereocenters. The second-order valence-corrected chi connectivity index (χ2v) is 22.9. The van der Waals surface area contributed by atoms with Gasteiger partial charge >= 0.3 is 0 Å². The van der Waals surface area contributed by atoms with Crippen LogP contribution in [0.25, 0.3) is 71.5 Å².